The van der Waals surface area contributed by atoms with E-state index in [1.165, 1.54) is 25.7 Å². The highest BCUT2D eigenvalue weighted by atomic mass is 16.5. The molecule has 0 amide bonds. The van der Waals surface area contributed by atoms with Gasteiger partial charge in [0.2, 0.25) is 0 Å². The van der Waals surface area contributed by atoms with Crippen LogP contribution in [0.5, 0.6) is 5.75 Å². The molecule has 0 radical (unpaired) electrons. The van der Waals surface area contributed by atoms with Crippen molar-refractivity contribution >= 4 is 17.8 Å². The Hall–Kier alpha value is -1.84. The number of aliphatic imine (C=N–C) groups is 1. The number of methoxy groups -OCH3 is 1. The van der Waals surface area contributed by atoms with Crippen LogP contribution in [0, 0.1) is 12.8 Å². The van der Waals surface area contributed by atoms with Gasteiger partial charge in [0.05, 0.1) is 13.4 Å². The van der Waals surface area contributed by atoms with E-state index in [2.05, 4.69) is 11.9 Å². The molecule has 0 aromatic heterocycles. The molecule has 1 aliphatic carbocycles. The van der Waals surface area contributed by atoms with Crippen LogP contribution in [-0.4, -0.2) is 37.7 Å². The van der Waals surface area contributed by atoms with Crippen molar-refractivity contribution in [1.29, 1.82) is 0 Å². The van der Waals surface area contributed by atoms with E-state index in [1.807, 2.05) is 31.0 Å². The fourth-order valence-corrected chi connectivity index (χ4v) is 3.07. The zero-order chi connectivity index (χ0) is 16.8. The highest BCUT2D eigenvalue weighted by molar-refractivity contribution is 5.98. The first-order valence-corrected chi connectivity index (χ1v) is 8.51. The molecule has 23 heavy (non-hydrogen) atoms. The molecule has 1 aromatic carbocycles. The third kappa shape index (κ3) is 4.57. The zero-order valence-corrected chi connectivity index (χ0v) is 14.8. The summed E-state index contributed by atoms with van der Waals surface area (Å²) in [6, 6.07) is 3.80. The maximum atomic E-state index is 12.6. The van der Waals surface area contributed by atoms with Crippen molar-refractivity contribution in [3.8, 4) is 5.75 Å². The normalized spacial score (nSPS) is 15.3. The summed E-state index contributed by atoms with van der Waals surface area (Å²) in [6.45, 7) is 4.94. The predicted molar refractivity (Wildman–Crippen MR) is 95.1 cm³/mol. The minimum absolute atomic E-state index is 0.230. The van der Waals surface area contributed by atoms with Crippen LogP contribution in [0.1, 0.15) is 54.9 Å². The molecular weight excluding hydrogens is 288 g/mol. The molecule has 0 N–H and O–H groups in total. The Morgan fingerprint density at radius 2 is 2.09 bits per heavy atom. The number of benzene rings is 1. The number of carbonyl (C=O) groups excluding carboxylic acids is 1. The molecule has 0 aliphatic heterocycles. The van der Waals surface area contributed by atoms with E-state index in [4.69, 9.17) is 4.74 Å². The number of carbonyl (C=O) groups is 1. The average Bonchev–Trinajstić information content (AvgIpc) is 3.05. The SMILES string of the molecule is CCN(C)C=Nc1cc(C)c(C(=O)CC2CCCC2)cc1OC. The number of ketones is 1. The van der Waals surface area contributed by atoms with Gasteiger partial charge in [-0.3, -0.25) is 4.79 Å². The van der Waals surface area contributed by atoms with E-state index >= 15 is 0 Å². The van der Waals surface area contributed by atoms with E-state index in [0.717, 1.165) is 23.4 Å². The van der Waals surface area contributed by atoms with Crippen molar-refractivity contribution in [2.75, 3.05) is 20.7 Å². The van der Waals surface area contributed by atoms with E-state index < -0.39 is 0 Å². The largest absolute Gasteiger partial charge is 0.494 e. The molecule has 126 valence electrons. The lowest BCUT2D eigenvalue weighted by atomic mass is 9.94. The van der Waals surface area contributed by atoms with E-state index in [1.54, 1.807) is 13.4 Å². The minimum Gasteiger partial charge on any atom is -0.494 e. The van der Waals surface area contributed by atoms with Gasteiger partial charge in [0.25, 0.3) is 0 Å². The van der Waals surface area contributed by atoms with Crippen molar-refractivity contribution in [3.05, 3.63) is 23.3 Å². The van der Waals surface area contributed by atoms with Crippen molar-refractivity contribution in [2.45, 2.75) is 46.0 Å². The van der Waals surface area contributed by atoms with Gasteiger partial charge in [0.15, 0.2) is 5.78 Å². The van der Waals surface area contributed by atoms with Gasteiger partial charge in [-0.15, -0.1) is 0 Å². The molecule has 0 saturated heterocycles. The van der Waals surface area contributed by atoms with Gasteiger partial charge in [-0.1, -0.05) is 25.7 Å². The topological polar surface area (TPSA) is 41.9 Å². The molecule has 4 nitrogen and oxygen atoms in total. The number of hydrogen-bond donors (Lipinski definition) is 0. The molecule has 0 unspecified atom stereocenters. The Kier molecular flexibility index (Phi) is 6.20. The van der Waals surface area contributed by atoms with Crippen LogP contribution >= 0.6 is 0 Å². The number of aryl methyl sites for hydroxylation is 1. The van der Waals surface area contributed by atoms with Crippen LogP contribution in [0.4, 0.5) is 5.69 Å². The van der Waals surface area contributed by atoms with Gasteiger partial charge in [0, 0.05) is 25.6 Å². The van der Waals surface area contributed by atoms with Crippen molar-refractivity contribution < 1.29 is 9.53 Å². The number of ether oxygens (including phenoxy) is 1. The third-order valence-corrected chi connectivity index (χ3v) is 4.67. The predicted octanol–water partition coefficient (Wildman–Crippen LogP) is 4.38. The van der Waals surface area contributed by atoms with Crippen LogP contribution in [0.3, 0.4) is 0 Å². The minimum atomic E-state index is 0.230. The number of nitrogens with zero attached hydrogens (tertiary/aromatic N) is 2. The lowest BCUT2D eigenvalue weighted by Crippen LogP contribution is -2.14. The van der Waals surface area contributed by atoms with Crippen LogP contribution < -0.4 is 4.74 Å². The standard InChI is InChI=1S/C19H28N2O2/c1-5-21(3)13-20-17-10-14(2)16(12-19(17)23-4)18(22)11-15-8-6-7-9-15/h10,12-13,15H,5-9,11H2,1-4H3. The van der Waals surface area contributed by atoms with Gasteiger partial charge < -0.3 is 9.64 Å². The maximum Gasteiger partial charge on any atom is 0.163 e. The Balaban J connectivity index is 2.21. The summed E-state index contributed by atoms with van der Waals surface area (Å²) in [6.07, 6.45) is 7.35. The molecule has 1 saturated carbocycles. The summed E-state index contributed by atoms with van der Waals surface area (Å²) in [5, 5.41) is 0. The Morgan fingerprint density at radius 1 is 1.39 bits per heavy atom. The first-order valence-electron chi connectivity index (χ1n) is 8.51. The Labute approximate surface area is 139 Å². The van der Waals surface area contributed by atoms with Crippen molar-refractivity contribution in [1.82, 2.24) is 4.90 Å². The van der Waals surface area contributed by atoms with Crippen molar-refractivity contribution in [3.63, 3.8) is 0 Å². The van der Waals surface area contributed by atoms with E-state index in [0.29, 0.717) is 18.1 Å². The smallest absolute Gasteiger partial charge is 0.163 e. The van der Waals surface area contributed by atoms with Crippen LogP contribution in [0.15, 0.2) is 17.1 Å². The molecule has 1 aromatic rings. The molecular formula is C19H28N2O2. The number of rotatable bonds is 7. The van der Waals surface area contributed by atoms with Gasteiger partial charge in [-0.2, -0.15) is 0 Å². The second-order valence-electron chi connectivity index (χ2n) is 6.43. The fourth-order valence-electron chi connectivity index (χ4n) is 3.07. The quantitative estimate of drug-likeness (QED) is 0.426. The summed E-state index contributed by atoms with van der Waals surface area (Å²) in [5.74, 6) is 1.45. The summed E-state index contributed by atoms with van der Waals surface area (Å²) in [7, 11) is 3.60. The maximum absolute atomic E-state index is 12.6. The molecule has 1 fully saturated rings. The first-order chi connectivity index (χ1) is 11.0. The Morgan fingerprint density at radius 3 is 2.70 bits per heavy atom. The number of Topliss-reactive ketones (excluding diaryl/α,β-unsaturated/α-hetero) is 1. The lowest BCUT2D eigenvalue weighted by Gasteiger charge is -2.14. The van der Waals surface area contributed by atoms with E-state index in [9.17, 15) is 4.79 Å². The number of hydrogen-bond acceptors (Lipinski definition) is 3. The highest BCUT2D eigenvalue weighted by Gasteiger charge is 2.21. The molecule has 4 heteroatoms. The molecule has 2 rings (SSSR count). The summed E-state index contributed by atoms with van der Waals surface area (Å²) in [4.78, 5) is 19.1. The molecule has 1 aliphatic rings. The second-order valence-corrected chi connectivity index (χ2v) is 6.43. The van der Waals surface area contributed by atoms with Gasteiger partial charge in [-0.25, -0.2) is 4.99 Å². The third-order valence-electron chi connectivity index (χ3n) is 4.67. The lowest BCUT2D eigenvalue weighted by molar-refractivity contribution is 0.0961. The van der Waals surface area contributed by atoms with Crippen molar-refractivity contribution in [2.24, 2.45) is 10.9 Å². The molecule has 0 spiro atoms. The monoisotopic (exact) mass is 316 g/mol. The zero-order valence-electron chi connectivity index (χ0n) is 14.8. The molecule has 0 heterocycles. The second kappa shape index (κ2) is 8.14. The van der Waals surface area contributed by atoms with Crippen LogP contribution in [0.25, 0.3) is 0 Å². The Bertz CT molecular complexity index is 575. The summed E-state index contributed by atoms with van der Waals surface area (Å²) >= 11 is 0. The highest BCUT2D eigenvalue weighted by Crippen LogP contribution is 2.33. The average molecular weight is 316 g/mol. The summed E-state index contributed by atoms with van der Waals surface area (Å²) < 4.78 is 5.44. The summed E-state index contributed by atoms with van der Waals surface area (Å²) in [5.41, 5.74) is 2.51. The van der Waals surface area contributed by atoms with Crippen LogP contribution in [-0.2, 0) is 0 Å². The van der Waals surface area contributed by atoms with Crippen LogP contribution in [0.2, 0.25) is 0 Å². The van der Waals surface area contributed by atoms with Gasteiger partial charge in [0.1, 0.15) is 11.4 Å². The van der Waals surface area contributed by atoms with Gasteiger partial charge >= 0.3 is 0 Å². The van der Waals surface area contributed by atoms with E-state index in [-0.39, 0.29) is 5.78 Å². The fraction of sp³-hybridized carbons (Fsp3) is 0.579. The molecule has 0 bridgehead atoms. The van der Waals surface area contributed by atoms with Gasteiger partial charge in [-0.05, 0) is 37.5 Å². The first kappa shape index (κ1) is 17.5. The molecule has 0 atom stereocenters.